The Hall–Kier alpha value is -3.00. The summed E-state index contributed by atoms with van der Waals surface area (Å²) in [4.78, 5) is 17.7. The van der Waals surface area contributed by atoms with Crippen LogP contribution in [0.4, 0.5) is 8.78 Å². The zero-order chi connectivity index (χ0) is 20.8. The molecule has 0 bridgehead atoms. The summed E-state index contributed by atoms with van der Waals surface area (Å²) < 4.78 is 39.9. The Morgan fingerprint density at radius 1 is 1.34 bits per heavy atom. The lowest BCUT2D eigenvalue weighted by atomic mass is 9.86. The van der Waals surface area contributed by atoms with Crippen molar-refractivity contribution in [1.29, 1.82) is 0 Å². The first-order chi connectivity index (χ1) is 13.8. The molecule has 0 radical (unpaired) electrons. The van der Waals surface area contributed by atoms with E-state index < -0.39 is 17.2 Å². The van der Waals surface area contributed by atoms with Gasteiger partial charge in [-0.2, -0.15) is 0 Å². The van der Waals surface area contributed by atoms with E-state index in [1.807, 2.05) is 17.4 Å². The quantitative estimate of drug-likeness (QED) is 0.727. The molecule has 29 heavy (non-hydrogen) atoms. The third-order valence-electron chi connectivity index (χ3n) is 5.27. The second-order valence-electron chi connectivity index (χ2n) is 7.39. The van der Waals surface area contributed by atoms with E-state index in [-0.39, 0.29) is 18.3 Å². The number of hydrogen-bond acceptors (Lipinski definition) is 4. The topological polar surface area (TPSA) is 64.9 Å². The Morgan fingerprint density at radius 3 is 2.86 bits per heavy atom. The number of carbonyl (C=O) groups excluding carboxylic acids is 1. The van der Waals surface area contributed by atoms with Crippen LogP contribution >= 0.6 is 0 Å². The molecule has 0 saturated heterocycles. The Kier molecular flexibility index (Phi) is 4.74. The van der Waals surface area contributed by atoms with E-state index in [0.717, 1.165) is 17.8 Å². The maximum absolute atomic E-state index is 13.9. The van der Waals surface area contributed by atoms with E-state index in [0.29, 0.717) is 35.5 Å². The first kappa shape index (κ1) is 19.3. The molecule has 4 rings (SSSR count). The van der Waals surface area contributed by atoms with Crippen LogP contribution in [-0.2, 0) is 16.9 Å². The van der Waals surface area contributed by atoms with Gasteiger partial charge in [0.25, 0.3) is 5.91 Å². The van der Waals surface area contributed by atoms with E-state index in [2.05, 4.69) is 10.3 Å². The highest BCUT2D eigenvalue weighted by molar-refractivity contribution is 6.00. The highest BCUT2D eigenvalue weighted by atomic mass is 19.2. The summed E-state index contributed by atoms with van der Waals surface area (Å²) in [5.74, 6) is -2.08. The zero-order valence-electron chi connectivity index (χ0n) is 16.4. The minimum absolute atomic E-state index is 0.232. The molecule has 1 aromatic carbocycles. The van der Waals surface area contributed by atoms with Gasteiger partial charge in [0.05, 0.1) is 30.0 Å². The van der Waals surface area contributed by atoms with Crippen molar-refractivity contribution in [2.24, 2.45) is 0 Å². The number of aryl methyl sites for hydroxylation is 1. The second kappa shape index (κ2) is 7.11. The lowest BCUT2D eigenvalue weighted by Gasteiger charge is -2.36. The lowest BCUT2D eigenvalue weighted by Crippen LogP contribution is -2.46. The van der Waals surface area contributed by atoms with Gasteiger partial charge in [-0.3, -0.25) is 4.79 Å². The molecule has 0 saturated carbocycles. The predicted octanol–water partition coefficient (Wildman–Crippen LogP) is 3.50. The van der Waals surface area contributed by atoms with Crippen LogP contribution in [0, 0.1) is 18.6 Å². The van der Waals surface area contributed by atoms with Crippen LogP contribution in [0.25, 0.3) is 5.65 Å². The third-order valence-corrected chi connectivity index (χ3v) is 5.27. The number of hydrogen-bond donors (Lipinski definition) is 1. The van der Waals surface area contributed by atoms with Crippen molar-refractivity contribution in [3.8, 4) is 5.75 Å². The molecule has 3 aromatic rings. The van der Waals surface area contributed by atoms with Crippen molar-refractivity contribution < 1.29 is 23.0 Å². The second-order valence-corrected chi connectivity index (χ2v) is 7.39. The molecule has 0 fully saturated rings. The normalized spacial score (nSPS) is 18.4. The van der Waals surface area contributed by atoms with Gasteiger partial charge in [0.1, 0.15) is 11.4 Å². The number of nitrogens with one attached hydrogen (secondary N) is 1. The average molecular weight is 401 g/mol. The number of halogens is 2. The van der Waals surface area contributed by atoms with Crippen LogP contribution in [0.1, 0.15) is 40.7 Å². The number of rotatable bonds is 4. The zero-order valence-corrected chi connectivity index (χ0v) is 16.4. The number of methoxy groups -OCH3 is 1. The molecule has 0 aliphatic carbocycles. The molecule has 6 nitrogen and oxygen atoms in total. The van der Waals surface area contributed by atoms with Crippen LogP contribution < -0.4 is 10.1 Å². The molecular weight excluding hydrogens is 380 g/mol. The molecule has 1 N–H and O–H groups in total. The van der Waals surface area contributed by atoms with Crippen LogP contribution in [0.3, 0.4) is 0 Å². The molecule has 1 atom stereocenters. The number of amides is 1. The standard InChI is InChI=1S/C21H21F2N3O3/c1-12-8-13(11-28-3)24-19-14(4-6-26(12)19)20(27)25-21(2)5-7-29-18-10-17(23)16(22)9-15(18)21/h4,6,8-10H,5,7,11H2,1-3H3,(H,25,27). The molecule has 2 aromatic heterocycles. The molecule has 1 unspecified atom stereocenters. The van der Waals surface area contributed by atoms with E-state index in [1.165, 1.54) is 0 Å². The maximum atomic E-state index is 13.9. The molecule has 152 valence electrons. The Morgan fingerprint density at radius 2 is 2.10 bits per heavy atom. The van der Waals surface area contributed by atoms with Crippen molar-refractivity contribution in [3.05, 3.63) is 64.6 Å². The number of carbonyl (C=O) groups is 1. The maximum Gasteiger partial charge on any atom is 0.255 e. The Bertz CT molecular complexity index is 1110. The minimum atomic E-state index is -0.983. The fraction of sp³-hybridized carbons (Fsp3) is 0.333. The van der Waals surface area contributed by atoms with Crippen LogP contribution in [0.15, 0.2) is 30.5 Å². The smallest absolute Gasteiger partial charge is 0.255 e. The summed E-state index contributed by atoms with van der Waals surface area (Å²) in [6.07, 6.45) is 2.20. The number of ether oxygens (including phenoxy) is 2. The van der Waals surface area contributed by atoms with Gasteiger partial charge in [0, 0.05) is 37.1 Å². The summed E-state index contributed by atoms with van der Waals surface area (Å²) in [7, 11) is 1.58. The van der Waals surface area contributed by atoms with Crippen LogP contribution in [-0.4, -0.2) is 29.0 Å². The molecule has 0 spiro atoms. The summed E-state index contributed by atoms with van der Waals surface area (Å²) in [5, 5.41) is 2.97. The highest BCUT2D eigenvalue weighted by Gasteiger charge is 2.36. The Balaban J connectivity index is 1.71. The molecular formula is C21H21F2N3O3. The predicted molar refractivity (Wildman–Crippen MR) is 102 cm³/mol. The summed E-state index contributed by atoms with van der Waals surface area (Å²) >= 11 is 0. The SMILES string of the molecule is COCc1cc(C)n2ccc(C(=O)NC3(C)CCOc4cc(F)c(F)cc43)c2n1. The summed E-state index contributed by atoms with van der Waals surface area (Å²) in [6, 6.07) is 5.69. The molecule has 1 aliphatic heterocycles. The number of aromatic nitrogens is 2. The fourth-order valence-corrected chi connectivity index (χ4v) is 3.73. The van der Waals surface area contributed by atoms with E-state index >= 15 is 0 Å². The minimum Gasteiger partial charge on any atom is -0.493 e. The molecule has 1 aliphatic rings. The Labute approximate surface area is 166 Å². The van der Waals surface area contributed by atoms with Gasteiger partial charge in [-0.15, -0.1) is 0 Å². The monoisotopic (exact) mass is 401 g/mol. The largest absolute Gasteiger partial charge is 0.493 e. The molecule has 8 heteroatoms. The number of benzene rings is 1. The number of nitrogens with zero attached hydrogens (tertiary/aromatic N) is 2. The van der Waals surface area contributed by atoms with Gasteiger partial charge < -0.3 is 19.2 Å². The van der Waals surface area contributed by atoms with Crippen molar-refractivity contribution >= 4 is 11.6 Å². The fourth-order valence-electron chi connectivity index (χ4n) is 3.73. The first-order valence-electron chi connectivity index (χ1n) is 9.24. The number of fused-ring (bicyclic) bond motifs is 2. The third kappa shape index (κ3) is 3.33. The van der Waals surface area contributed by atoms with Crippen molar-refractivity contribution in [1.82, 2.24) is 14.7 Å². The average Bonchev–Trinajstić information content (AvgIpc) is 3.08. The van der Waals surface area contributed by atoms with Gasteiger partial charge in [-0.05, 0) is 32.0 Å². The van der Waals surface area contributed by atoms with E-state index in [1.54, 1.807) is 26.3 Å². The van der Waals surface area contributed by atoms with Crippen LogP contribution in [0.2, 0.25) is 0 Å². The highest BCUT2D eigenvalue weighted by Crippen LogP contribution is 2.38. The summed E-state index contributed by atoms with van der Waals surface area (Å²) in [6.45, 7) is 4.30. The van der Waals surface area contributed by atoms with E-state index in [4.69, 9.17) is 9.47 Å². The molecule has 1 amide bonds. The molecule has 3 heterocycles. The van der Waals surface area contributed by atoms with Gasteiger partial charge in [-0.25, -0.2) is 13.8 Å². The first-order valence-corrected chi connectivity index (χ1v) is 9.24. The van der Waals surface area contributed by atoms with Gasteiger partial charge in [0.2, 0.25) is 0 Å². The van der Waals surface area contributed by atoms with Gasteiger partial charge in [-0.1, -0.05) is 0 Å². The van der Waals surface area contributed by atoms with Crippen molar-refractivity contribution in [3.63, 3.8) is 0 Å². The lowest BCUT2D eigenvalue weighted by molar-refractivity contribution is 0.0874. The van der Waals surface area contributed by atoms with Gasteiger partial charge >= 0.3 is 0 Å². The van der Waals surface area contributed by atoms with Crippen LogP contribution in [0.5, 0.6) is 5.75 Å². The van der Waals surface area contributed by atoms with Crippen molar-refractivity contribution in [2.75, 3.05) is 13.7 Å². The van der Waals surface area contributed by atoms with Crippen molar-refractivity contribution in [2.45, 2.75) is 32.4 Å². The summed E-state index contributed by atoms with van der Waals surface area (Å²) in [5.41, 5.74) is 2.03. The van der Waals surface area contributed by atoms with Gasteiger partial charge in [0.15, 0.2) is 11.6 Å². The van der Waals surface area contributed by atoms with E-state index in [9.17, 15) is 13.6 Å².